The fourth-order valence-electron chi connectivity index (χ4n) is 2.83. The second kappa shape index (κ2) is 7.28. The molecule has 1 aromatic carbocycles. The summed E-state index contributed by atoms with van der Waals surface area (Å²) in [7, 11) is 0. The van der Waals surface area contributed by atoms with Crippen molar-refractivity contribution in [1.29, 1.82) is 5.26 Å². The number of hydrogen-bond acceptors (Lipinski definition) is 5. The minimum absolute atomic E-state index is 0.153. The molecule has 0 aliphatic carbocycles. The Morgan fingerprint density at radius 3 is 2.76 bits per heavy atom. The van der Waals surface area contributed by atoms with Crippen LogP contribution in [0.2, 0.25) is 0 Å². The second-order valence-corrected chi connectivity index (χ2v) is 5.88. The molecule has 0 spiro atoms. The first-order chi connectivity index (χ1) is 12.1. The topological polar surface area (TPSA) is 89.2 Å². The highest BCUT2D eigenvalue weighted by molar-refractivity contribution is 6.04. The Labute approximate surface area is 144 Å². The van der Waals surface area contributed by atoms with Crippen molar-refractivity contribution in [2.24, 2.45) is 0 Å². The molecular formula is C18H17FN4O2. The van der Waals surface area contributed by atoms with Crippen LogP contribution in [-0.2, 0) is 0 Å². The van der Waals surface area contributed by atoms with Gasteiger partial charge in [-0.05, 0) is 37.1 Å². The Hall–Kier alpha value is -2.98. The third-order valence-electron chi connectivity index (χ3n) is 4.17. The van der Waals surface area contributed by atoms with Crippen LogP contribution in [0.5, 0.6) is 0 Å². The molecule has 2 heterocycles. The van der Waals surface area contributed by atoms with Crippen molar-refractivity contribution in [3.05, 3.63) is 53.6 Å². The first-order valence-electron chi connectivity index (χ1n) is 7.97. The summed E-state index contributed by atoms with van der Waals surface area (Å²) >= 11 is 0. The molecule has 0 radical (unpaired) electrons. The number of pyridine rings is 1. The summed E-state index contributed by atoms with van der Waals surface area (Å²) in [6.45, 7) is 1.36. The number of anilines is 2. The van der Waals surface area contributed by atoms with Crippen molar-refractivity contribution < 1.29 is 14.3 Å². The van der Waals surface area contributed by atoms with E-state index in [9.17, 15) is 19.6 Å². The molecule has 1 fully saturated rings. The fourth-order valence-corrected chi connectivity index (χ4v) is 2.83. The first kappa shape index (κ1) is 16.9. The van der Waals surface area contributed by atoms with Gasteiger partial charge in [0, 0.05) is 36.6 Å². The molecular weight excluding hydrogens is 323 g/mol. The molecule has 2 N–H and O–H groups in total. The lowest BCUT2D eigenvalue weighted by molar-refractivity contribution is 0.102. The smallest absolute Gasteiger partial charge is 0.255 e. The average molecular weight is 340 g/mol. The van der Waals surface area contributed by atoms with Gasteiger partial charge < -0.3 is 15.3 Å². The molecule has 0 saturated carbocycles. The summed E-state index contributed by atoms with van der Waals surface area (Å²) in [5.41, 5.74) is 1.83. The van der Waals surface area contributed by atoms with Crippen molar-refractivity contribution in [3.8, 4) is 6.07 Å². The zero-order valence-corrected chi connectivity index (χ0v) is 13.4. The van der Waals surface area contributed by atoms with Crippen LogP contribution in [0.4, 0.5) is 15.8 Å². The highest BCUT2D eigenvalue weighted by atomic mass is 19.1. The number of halogens is 1. The van der Waals surface area contributed by atoms with E-state index in [-0.39, 0.29) is 11.7 Å². The van der Waals surface area contributed by atoms with Gasteiger partial charge >= 0.3 is 0 Å². The number of carbonyl (C=O) groups is 1. The molecule has 25 heavy (non-hydrogen) atoms. The molecule has 6 nitrogen and oxygen atoms in total. The third-order valence-corrected chi connectivity index (χ3v) is 4.17. The molecule has 3 rings (SSSR count). The number of carbonyl (C=O) groups excluding carboxylic acids is 1. The lowest BCUT2D eigenvalue weighted by atomic mass is 10.0. The van der Waals surface area contributed by atoms with E-state index in [0.717, 1.165) is 11.8 Å². The predicted octanol–water partition coefficient (Wildman–Crippen LogP) is 2.31. The summed E-state index contributed by atoms with van der Waals surface area (Å²) < 4.78 is 13.1. The number of amides is 1. The van der Waals surface area contributed by atoms with E-state index in [2.05, 4.69) is 21.3 Å². The monoisotopic (exact) mass is 340 g/mol. The summed E-state index contributed by atoms with van der Waals surface area (Å²) in [5.74, 6) is -1.20. The van der Waals surface area contributed by atoms with Crippen molar-refractivity contribution in [3.63, 3.8) is 0 Å². The van der Waals surface area contributed by atoms with E-state index in [1.165, 1.54) is 12.3 Å². The van der Waals surface area contributed by atoms with Crippen LogP contribution < -0.4 is 10.2 Å². The Kier molecular flexibility index (Phi) is 4.91. The SMILES string of the molecule is N#Cc1cc(NC(=O)c2ccnc(F)c2)ccc1N1CCC(O)CC1. The largest absolute Gasteiger partial charge is 0.393 e. The molecule has 128 valence electrons. The van der Waals surface area contributed by atoms with Crippen LogP contribution in [0.15, 0.2) is 36.5 Å². The minimum Gasteiger partial charge on any atom is -0.393 e. The first-order valence-corrected chi connectivity index (χ1v) is 7.97. The van der Waals surface area contributed by atoms with Gasteiger partial charge in [-0.15, -0.1) is 0 Å². The summed E-state index contributed by atoms with van der Waals surface area (Å²) in [6, 6.07) is 9.68. The van der Waals surface area contributed by atoms with Gasteiger partial charge in [-0.1, -0.05) is 0 Å². The van der Waals surface area contributed by atoms with Crippen molar-refractivity contribution in [1.82, 2.24) is 4.98 Å². The molecule has 0 unspecified atom stereocenters. The fraction of sp³-hybridized carbons (Fsp3) is 0.278. The number of nitriles is 1. The number of benzene rings is 1. The van der Waals surface area contributed by atoms with Gasteiger partial charge in [-0.25, -0.2) is 4.98 Å². The lowest BCUT2D eigenvalue weighted by Crippen LogP contribution is -2.36. The maximum atomic E-state index is 13.1. The molecule has 1 saturated heterocycles. The van der Waals surface area contributed by atoms with Gasteiger partial charge in [0.1, 0.15) is 6.07 Å². The maximum absolute atomic E-state index is 13.1. The molecule has 7 heteroatoms. The quantitative estimate of drug-likeness (QED) is 0.837. The molecule has 1 aliphatic heterocycles. The summed E-state index contributed by atoms with van der Waals surface area (Å²) in [6.07, 6.45) is 2.26. The number of rotatable bonds is 3. The van der Waals surface area contributed by atoms with E-state index in [0.29, 0.717) is 37.2 Å². The van der Waals surface area contributed by atoms with Crippen molar-refractivity contribution >= 4 is 17.3 Å². The third kappa shape index (κ3) is 3.92. The predicted molar refractivity (Wildman–Crippen MR) is 90.8 cm³/mol. The number of aliphatic hydroxyl groups excluding tert-OH is 1. The Morgan fingerprint density at radius 1 is 1.32 bits per heavy atom. The highest BCUT2D eigenvalue weighted by Gasteiger charge is 2.20. The molecule has 0 bridgehead atoms. The number of hydrogen-bond donors (Lipinski definition) is 2. The van der Waals surface area contributed by atoms with E-state index < -0.39 is 11.9 Å². The minimum atomic E-state index is -0.729. The van der Waals surface area contributed by atoms with Crippen LogP contribution in [-0.4, -0.2) is 35.2 Å². The maximum Gasteiger partial charge on any atom is 0.255 e. The molecule has 1 aromatic heterocycles. The van der Waals surface area contributed by atoms with E-state index in [1.807, 2.05) is 0 Å². The Balaban J connectivity index is 1.77. The number of piperidine rings is 1. The van der Waals surface area contributed by atoms with Crippen LogP contribution in [0.3, 0.4) is 0 Å². The van der Waals surface area contributed by atoms with Gasteiger partial charge in [0.2, 0.25) is 5.95 Å². The lowest BCUT2D eigenvalue weighted by Gasteiger charge is -2.32. The van der Waals surface area contributed by atoms with Crippen LogP contribution in [0, 0.1) is 17.3 Å². The van der Waals surface area contributed by atoms with Crippen molar-refractivity contribution in [2.45, 2.75) is 18.9 Å². The van der Waals surface area contributed by atoms with Gasteiger partial charge in [0.15, 0.2) is 0 Å². The Bertz CT molecular complexity index is 826. The van der Waals surface area contributed by atoms with Gasteiger partial charge in [-0.2, -0.15) is 9.65 Å². The highest BCUT2D eigenvalue weighted by Crippen LogP contribution is 2.27. The van der Waals surface area contributed by atoms with E-state index in [1.54, 1.807) is 18.2 Å². The number of nitrogens with one attached hydrogen (secondary N) is 1. The van der Waals surface area contributed by atoms with Crippen LogP contribution in [0.1, 0.15) is 28.8 Å². The normalized spacial score (nSPS) is 14.8. The zero-order valence-electron chi connectivity index (χ0n) is 13.4. The van der Waals surface area contributed by atoms with Gasteiger partial charge in [0.05, 0.1) is 17.4 Å². The second-order valence-electron chi connectivity index (χ2n) is 5.88. The summed E-state index contributed by atoms with van der Waals surface area (Å²) in [5, 5.41) is 21.7. The Morgan fingerprint density at radius 2 is 2.08 bits per heavy atom. The molecule has 0 atom stereocenters. The molecule has 2 aromatic rings. The van der Waals surface area contributed by atoms with E-state index >= 15 is 0 Å². The average Bonchev–Trinajstić information content (AvgIpc) is 2.62. The standard InChI is InChI=1S/C18H17FN4O2/c19-17-10-12(3-6-21-17)18(25)22-14-1-2-16(13(9-14)11-20)23-7-4-15(24)5-8-23/h1-3,6,9-10,15,24H,4-5,7-8H2,(H,22,25). The summed E-state index contributed by atoms with van der Waals surface area (Å²) in [4.78, 5) is 17.6. The van der Waals surface area contributed by atoms with Gasteiger partial charge in [-0.3, -0.25) is 4.79 Å². The number of aromatic nitrogens is 1. The van der Waals surface area contributed by atoms with Crippen molar-refractivity contribution in [2.75, 3.05) is 23.3 Å². The van der Waals surface area contributed by atoms with Crippen LogP contribution >= 0.6 is 0 Å². The van der Waals surface area contributed by atoms with E-state index in [4.69, 9.17) is 0 Å². The molecule has 1 aliphatic rings. The zero-order chi connectivity index (χ0) is 17.8. The van der Waals surface area contributed by atoms with Crippen LogP contribution in [0.25, 0.3) is 0 Å². The number of nitrogens with zero attached hydrogens (tertiary/aromatic N) is 3. The number of aliphatic hydroxyl groups is 1. The van der Waals surface area contributed by atoms with Gasteiger partial charge in [0.25, 0.3) is 5.91 Å². The molecule has 1 amide bonds.